The fraction of sp³-hybridized carbons (Fsp3) is 0.368. The summed E-state index contributed by atoms with van der Waals surface area (Å²) in [6.07, 6.45) is 3.95. The number of carbonyl (C=O) groups excluding carboxylic acids is 2. The number of esters is 1. The number of thiophene rings is 1. The lowest BCUT2D eigenvalue weighted by atomic mass is 9.97. The molecule has 7 heteroatoms. The summed E-state index contributed by atoms with van der Waals surface area (Å²) in [5.41, 5.74) is 1.65. The van der Waals surface area contributed by atoms with Crippen LogP contribution in [0.25, 0.3) is 0 Å². The van der Waals surface area contributed by atoms with Crippen molar-refractivity contribution in [1.82, 2.24) is 0 Å². The Kier molecular flexibility index (Phi) is 6.16. The Balaban J connectivity index is 1.72. The third-order valence-electron chi connectivity index (χ3n) is 4.08. The third kappa shape index (κ3) is 4.37. The number of halogens is 1. The molecule has 1 aliphatic rings. The Morgan fingerprint density at radius 1 is 1.19 bits per heavy atom. The Labute approximate surface area is 161 Å². The Morgan fingerprint density at radius 2 is 1.92 bits per heavy atom. The number of hydrogen-bond acceptors (Lipinski definition) is 5. The van der Waals surface area contributed by atoms with Gasteiger partial charge in [-0.15, -0.1) is 11.3 Å². The molecule has 26 heavy (non-hydrogen) atoms. The van der Waals surface area contributed by atoms with Crippen molar-refractivity contribution >= 4 is 40.5 Å². The van der Waals surface area contributed by atoms with Gasteiger partial charge in [-0.2, -0.15) is 0 Å². The van der Waals surface area contributed by atoms with Crippen LogP contribution < -0.4 is 10.1 Å². The second kappa shape index (κ2) is 8.56. The van der Waals surface area contributed by atoms with E-state index in [-0.39, 0.29) is 18.5 Å². The summed E-state index contributed by atoms with van der Waals surface area (Å²) in [4.78, 5) is 26.3. The minimum Gasteiger partial charge on any atom is -0.484 e. The van der Waals surface area contributed by atoms with E-state index in [2.05, 4.69) is 5.32 Å². The number of rotatable bonds is 6. The van der Waals surface area contributed by atoms with Gasteiger partial charge >= 0.3 is 5.97 Å². The van der Waals surface area contributed by atoms with Gasteiger partial charge in [-0.25, -0.2) is 4.79 Å². The van der Waals surface area contributed by atoms with Crippen molar-refractivity contribution in [2.75, 3.05) is 18.5 Å². The Hall–Kier alpha value is -2.05. The number of benzene rings is 1. The average Bonchev–Trinajstić information content (AvgIpc) is 3.00. The molecule has 0 saturated carbocycles. The lowest BCUT2D eigenvalue weighted by Gasteiger charge is -2.14. The van der Waals surface area contributed by atoms with E-state index in [1.807, 2.05) is 0 Å². The highest BCUT2D eigenvalue weighted by atomic mass is 35.5. The fourth-order valence-corrected chi connectivity index (χ4v) is 4.26. The number of hydrogen-bond donors (Lipinski definition) is 1. The quantitative estimate of drug-likeness (QED) is 0.735. The zero-order chi connectivity index (χ0) is 18.5. The maximum absolute atomic E-state index is 12.4. The van der Waals surface area contributed by atoms with Crippen molar-refractivity contribution in [2.24, 2.45) is 0 Å². The molecule has 1 amide bonds. The van der Waals surface area contributed by atoms with Gasteiger partial charge in [-0.3, -0.25) is 4.79 Å². The Bertz CT molecular complexity index is 801. The third-order valence-corrected chi connectivity index (χ3v) is 5.60. The van der Waals surface area contributed by atoms with Gasteiger partial charge in [-0.05, 0) is 62.4 Å². The minimum absolute atomic E-state index is 0.144. The average molecular weight is 394 g/mol. The van der Waals surface area contributed by atoms with Crippen molar-refractivity contribution in [3.8, 4) is 5.75 Å². The van der Waals surface area contributed by atoms with Crippen LogP contribution in [0.15, 0.2) is 24.3 Å². The van der Waals surface area contributed by atoms with Crippen LogP contribution >= 0.6 is 22.9 Å². The lowest BCUT2D eigenvalue weighted by Crippen LogP contribution is -2.22. The second-order valence-electron chi connectivity index (χ2n) is 5.93. The molecule has 1 aliphatic carbocycles. The van der Waals surface area contributed by atoms with E-state index in [1.54, 1.807) is 31.2 Å². The van der Waals surface area contributed by atoms with E-state index < -0.39 is 0 Å². The monoisotopic (exact) mass is 393 g/mol. The molecule has 0 saturated heterocycles. The maximum atomic E-state index is 12.4. The molecular formula is C19H20ClNO4S. The van der Waals surface area contributed by atoms with Crippen LogP contribution in [-0.2, 0) is 22.4 Å². The number of ether oxygens (including phenoxy) is 2. The molecule has 0 unspecified atom stereocenters. The van der Waals surface area contributed by atoms with Gasteiger partial charge in [-0.1, -0.05) is 11.6 Å². The highest BCUT2D eigenvalue weighted by Gasteiger charge is 2.26. The van der Waals surface area contributed by atoms with Gasteiger partial charge in [0, 0.05) is 9.90 Å². The topological polar surface area (TPSA) is 64.6 Å². The van der Waals surface area contributed by atoms with Crippen molar-refractivity contribution in [2.45, 2.75) is 32.6 Å². The number of nitrogens with one attached hydrogen (secondary N) is 1. The molecule has 0 spiro atoms. The zero-order valence-corrected chi connectivity index (χ0v) is 16.0. The van der Waals surface area contributed by atoms with Crippen LogP contribution in [0.5, 0.6) is 5.75 Å². The molecule has 1 N–H and O–H groups in total. The standard InChI is InChI=1S/C19H20ClNO4S/c1-2-24-19(23)18-17(14-5-3-4-6-15(14)26-18)21-16(22)11-25-13-9-7-12(20)8-10-13/h7-10H,2-6,11H2,1H3,(H,21,22). The molecule has 1 heterocycles. The molecule has 3 rings (SSSR count). The number of anilines is 1. The Morgan fingerprint density at radius 3 is 2.65 bits per heavy atom. The van der Waals surface area contributed by atoms with Gasteiger partial charge in [0.2, 0.25) is 0 Å². The van der Waals surface area contributed by atoms with Gasteiger partial charge in [0.1, 0.15) is 10.6 Å². The summed E-state index contributed by atoms with van der Waals surface area (Å²) >= 11 is 7.26. The fourth-order valence-electron chi connectivity index (χ4n) is 2.89. The summed E-state index contributed by atoms with van der Waals surface area (Å²) in [7, 11) is 0. The molecular weight excluding hydrogens is 374 g/mol. The first-order valence-corrected chi connectivity index (χ1v) is 9.77. The van der Waals surface area contributed by atoms with Crippen LogP contribution in [0.1, 0.15) is 39.9 Å². The predicted molar refractivity (Wildman–Crippen MR) is 102 cm³/mol. The molecule has 1 aromatic carbocycles. The van der Waals surface area contributed by atoms with Crippen LogP contribution in [-0.4, -0.2) is 25.1 Å². The van der Waals surface area contributed by atoms with E-state index in [4.69, 9.17) is 21.1 Å². The smallest absolute Gasteiger partial charge is 0.350 e. The van der Waals surface area contributed by atoms with Gasteiger partial charge < -0.3 is 14.8 Å². The maximum Gasteiger partial charge on any atom is 0.350 e. The first-order chi connectivity index (χ1) is 12.6. The number of fused-ring (bicyclic) bond motifs is 1. The van der Waals surface area contributed by atoms with E-state index in [0.717, 1.165) is 36.1 Å². The lowest BCUT2D eigenvalue weighted by molar-refractivity contribution is -0.118. The summed E-state index contributed by atoms with van der Waals surface area (Å²) in [6, 6.07) is 6.80. The minimum atomic E-state index is -0.388. The molecule has 5 nitrogen and oxygen atoms in total. The second-order valence-corrected chi connectivity index (χ2v) is 7.47. The van der Waals surface area contributed by atoms with E-state index in [9.17, 15) is 9.59 Å². The van der Waals surface area contributed by atoms with E-state index in [0.29, 0.717) is 27.9 Å². The molecule has 2 aromatic rings. The van der Waals surface area contributed by atoms with E-state index >= 15 is 0 Å². The van der Waals surface area contributed by atoms with Crippen LogP contribution in [0.3, 0.4) is 0 Å². The first-order valence-electron chi connectivity index (χ1n) is 8.58. The molecule has 0 aliphatic heterocycles. The SMILES string of the molecule is CCOC(=O)c1sc2c(c1NC(=O)COc1ccc(Cl)cc1)CCCC2. The molecule has 1 aromatic heterocycles. The molecule has 0 radical (unpaired) electrons. The number of amides is 1. The highest BCUT2D eigenvalue weighted by molar-refractivity contribution is 7.14. The van der Waals surface area contributed by atoms with Crippen molar-refractivity contribution in [1.29, 1.82) is 0 Å². The predicted octanol–water partition coefficient (Wildman–Crippen LogP) is 4.47. The van der Waals surface area contributed by atoms with E-state index in [1.165, 1.54) is 11.3 Å². The first kappa shape index (κ1) is 18.7. The van der Waals surface area contributed by atoms with Crippen LogP contribution in [0.2, 0.25) is 5.02 Å². The largest absolute Gasteiger partial charge is 0.484 e. The van der Waals surface area contributed by atoms with Gasteiger partial charge in [0.15, 0.2) is 6.61 Å². The summed E-state index contributed by atoms with van der Waals surface area (Å²) in [6.45, 7) is 1.92. The van der Waals surface area contributed by atoms with Crippen LogP contribution in [0, 0.1) is 0 Å². The van der Waals surface area contributed by atoms with Gasteiger partial charge in [0.25, 0.3) is 5.91 Å². The summed E-state index contributed by atoms with van der Waals surface area (Å²) in [5.74, 6) is -0.139. The van der Waals surface area contributed by atoms with Crippen molar-refractivity contribution in [3.05, 3.63) is 44.6 Å². The zero-order valence-electron chi connectivity index (χ0n) is 14.5. The highest BCUT2D eigenvalue weighted by Crippen LogP contribution is 2.38. The summed E-state index contributed by atoms with van der Waals surface area (Å²) < 4.78 is 10.6. The van der Waals surface area contributed by atoms with Crippen molar-refractivity contribution in [3.63, 3.8) is 0 Å². The number of aryl methyl sites for hydroxylation is 1. The number of carbonyl (C=O) groups is 2. The molecule has 138 valence electrons. The van der Waals surface area contributed by atoms with Gasteiger partial charge in [0.05, 0.1) is 12.3 Å². The molecule has 0 fully saturated rings. The van der Waals surface area contributed by atoms with Crippen molar-refractivity contribution < 1.29 is 19.1 Å². The summed E-state index contributed by atoms with van der Waals surface area (Å²) in [5, 5.41) is 3.46. The molecule has 0 atom stereocenters. The van der Waals surface area contributed by atoms with Crippen LogP contribution in [0.4, 0.5) is 5.69 Å². The molecule has 0 bridgehead atoms. The normalized spacial score (nSPS) is 13.0.